The number of hydrogen-bond acceptors (Lipinski definition) is 3. The Morgan fingerprint density at radius 3 is 2.36 bits per heavy atom. The molecule has 5 nitrogen and oxygen atoms in total. The minimum absolute atomic E-state index is 0.0229. The van der Waals surface area contributed by atoms with Crippen molar-refractivity contribution in [1.82, 2.24) is 4.31 Å². The van der Waals surface area contributed by atoms with E-state index in [2.05, 4.69) is 5.32 Å². The fourth-order valence-electron chi connectivity index (χ4n) is 3.71. The smallest absolute Gasteiger partial charge is 0.228 e. The van der Waals surface area contributed by atoms with Gasteiger partial charge in [0.05, 0.1) is 11.7 Å². The Labute approximate surface area is 167 Å². The molecule has 2 aromatic rings. The molecule has 1 aliphatic rings. The van der Waals surface area contributed by atoms with Crippen molar-refractivity contribution >= 4 is 21.6 Å². The molecule has 0 radical (unpaired) electrons. The van der Waals surface area contributed by atoms with Crippen molar-refractivity contribution < 1.29 is 13.2 Å². The van der Waals surface area contributed by atoms with E-state index in [-0.39, 0.29) is 24.1 Å². The summed E-state index contributed by atoms with van der Waals surface area (Å²) < 4.78 is 27.4. The molecular weight excluding hydrogens is 372 g/mol. The van der Waals surface area contributed by atoms with Gasteiger partial charge in [-0.25, -0.2) is 12.7 Å². The van der Waals surface area contributed by atoms with Crippen LogP contribution in [0.5, 0.6) is 0 Å². The maximum Gasteiger partial charge on any atom is 0.228 e. The molecule has 1 amide bonds. The van der Waals surface area contributed by atoms with Gasteiger partial charge in [-0.15, -0.1) is 0 Å². The molecule has 1 aliphatic heterocycles. The number of carbonyl (C=O) groups is 1. The summed E-state index contributed by atoms with van der Waals surface area (Å²) in [6, 6.07) is 13.4. The van der Waals surface area contributed by atoms with Crippen molar-refractivity contribution in [2.24, 2.45) is 5.92 Å². The summed E-state index contributed by atoms with van der Waals surface area (Å²) in [4.78, 5) is 12.8. The number of aryl methyl sites for hydroxylation is 3. The lowest BCUT2D eigenvalue weighted by Gasteiger charge is -2.31. The summed E-state index contributed by atoms with van der Waals surface area (Å²) in [5.41, 5.74) is 4.62. The third-order valence-corrected chi connectivity index (χ3v) is 7.27. The fraction of sp³-hybridized carbons (Fsp3) is 0.409. The van der Waals surface area contributed by atoms with Gasteiger partial charge in [0.2, 0.25) is 15.9 Å². The van der Waals surface area contributed by atoms with E-state index >= 15 is 0 Å². The van der Waals surface area contributed by atoms with Crippen LogP contribution in [0.1, 0.15) is 35.1 Å². The van der Waals surface area contributed by atoms with Crippen molar-refractivity contribution in [3.8, 4) is 0 Å². The van der Waals surface area contributed by atoms with Crippen LogP contribution in [0.15, 0.2) is 42.5 Å². The summed E-state index contributed by atoms with van der Waals surface area (Å²) >= 11 is 0. The highest BCUT2D eigenvalue weighted by atomic mass is 32.2. The first-order valence-electron chi connectivity index (χ1n) is 9.67. The van der Waals surface area contributed by atoms with Crippen molar-refractivity contribution in [1.29, 1.82) is 0 Å². The van der Waals surface area contributed by atoms with Crippen LogP contribution in [0, 0.1) is 26.7 Å². The number of rotatable bonds is 5. The average molecular weight is 401 g/mol. The topological polar surface area (TPSA) is 66.5 Å². The number of nitrogens with zero attached hydrogens (tertiary/aromatic N) is 1. The summed E-state index contributed by atoms with van der Waals surface area (Å²) in [6.45, 7) is 6.55. The molecular formula is C22H28N2O3S. The third kappa shape index (κ3) is 4.62. The molecule has 6 heteroatoms. The number of benzene rings is 2. The molecule has 3 rings (SSSR count). The van der Waals surface area contributed by atoms with Crippen LogP contribution in [0.4, 0.5) is 5.69 Å². The molecule has 150 valence electrons. The Kier molecular flexibility index (Phi) is 6.20. The van der Waals surface area contributed by atoms with E-state index in [1.54, 1.807) is 0 Å². The van der Waals surface area contributed by atoms with Crippen LogP contribution < -0.4 is 5.32 Å². The number of sulfonamides is 1. The van der Waals surface area contributed by atoms with Crippen LogP contribution in [0.3, 0.4) is 0 Å². The number of anilines is 1. The van der Waals surface area contributed by atoms with Gasteiger partial charge in [-0.05, 0) is 55.9 Å². The quantitative estimate of drug-likeness (QED) is 0.830. The van der Waals surface area contributed by atoms with Gasteiger partial charge in [0, 0.05) is 18.8 Å². The van der Waals surface area contributed by atoms with Gasteiger partial charge in [0.25, 0.3) is 0 Å². The molecule has 1 unspecified atom stereocenters. The highest BCUT2D eigenvalue weighted by molar-refractivity contribution is 7.88. The van der Waals surface area contributed by atoms with Gasteiger partial charge in [-0.2, -0.15) is 0 Å². The predicted octanol–water partition coefficient (Wildman–Crippen LogP) is 3.79. The van der Waals surface area contributed by atoms with Crippen molar-refractivity contribution in [3.05, 3.63) is 64.7 Å². The van der Waals surface area contributed by atoms with Crippen molar-refractivity contribution in [2.75, 3.05) is 18.4 Å². The number of hydrogen-bond donors (Lipinski definition) is 1. The molecule has 0 saturated carbocycles. The van der Waals surface area contributed by atoms with Crippen LogP contribution in [-0.2, 0) is 20.6 Å². The molecule has 1 fully saturated rings. The van der Waals surface area contributed by atoms with Crippen molar-refractivity contribution in [3.63, 3.8) is 0 Å². The summed E-state index contributed by atoms with van der Waals surface area (Å²) in [5.74, 6) is -0.460. The predicted molar refractivity (Wildman–Crippen MR) is 113 cm³/mol. The zero-order valence-electron chi connectivity index (χ0n) is 16.7. The summed E-state index contributed by atoms with van der Waals surface area (Å²) in [5, 5.41) is 3.02. The van der Waals surface area contributed by atoms with E-state index in [0.717, 1.165) is 27.9 Å². The highest BCUT2D eigenvalue weighted by Crippen LogP contribution is 2.25. The van der Waals surface area contributed by atoms with Crippen LogP contribution in [0.25, 0.3) is 0 Å². The lowest BCUT2D eigenvalue weighted by atomic mass is 9.98. The molecule has 1 heterocycles. The van der Waals surface area contributed by atoms with Crippen molar-refractivity contribution in [2.45, 2.75) is 39.4 Å². The second-order valence-electron chi connectivity index (χ2n) is 7.64. The molecule has 28 heavy (non-hydrogen) atoms. The van der Waals surface area contributed by atoms with Crippen LogP contribution >= 0.6 is 0 Å². The maximum absolute atomic E-state index is 12.9. The Morgan fingerprint density at radius 2 is 1.68 bits per heavy atom. The second-order valence-corrected chi connectivity index (χ2v) is 9.60. The zero-order chi connectivity index (χ0) is 20.3. The first-order chi connectivity index (χ1) is 13.3. The molecule has 0 bridgehead atoms. The molecule has 1 saturated heterocycles. The lowest BCUT2D eigenvalue weighted by Crippen LogP contribution is -2.44. The number of amides is 1. The Morgan fingerprint density at radius 1 is 1.04 bits per heavy atom. The SMILES string of the molecule is Cc1ccccc1CS(=O)(=O)N1CCCC(C(=O)Nc2c(C)cccc2C)C1. The van der Waals surface area contributed by atoms with E-state index in [1.807, 2.05) is 63.2 Å². The van der Waals surface area contributed by atoms with Gasteiger partial charge < -0.3 is 5.32 Å². The van der Waals surface area contributed by atoms with Crippen LogP contribution in [0.2, 0.25) is 0 Å². The summed E-state index contributed by atoms with van der Waals surface area (Å²) in [7, 11) is -3.46. The number of nitrogens with one attached hydrogen (secondary N) is 1. The second kappa shape index (κ2) is 8.45. The highest BCUT2D eigenvalue weighted by Gasteiger charge is 2.32. The average Bonchev–Trinajstić information content (AvgIpc) is 2.66. The largest absolute Gasteiger partial charge is 0.325 e. The third-order valence-electron chi connectivity index (χ3n) is 5.48. The van der Waals surface area contributed by atoms with Gasteiger partial charge in [0.15, 0.2) is 0 Å². The van der Waals surface area contributed by atoms with Gasteiger partial charge >= 0.3 is 0 Å². The Bertz CT molecular complexity index is 949. The molecule has 0 aromatic heterocycles. The monoisotopic (exact) mass is 400 g/mol. The number of carbonyl (C=O) groups excluding carboxylic acids is 1. The first kappa shape index (κ1) is 20.6. The van der Waals surface area contributed by atoms with Gasteiger partial charge in [0.1, 0.15) is 0 Å². The molecule has 0 spiro atoms. The number of para-hydroxylation sites is 1. The molecule has 1 atom stereocenters. The van der Waals surface area contributed by atoms with Crippen LogP contribution in [-0.4, -0.2) is 31.7 Å². The van der Waals surface area contributed by atoms with E-state index in [1.165, 1.54) is 4.31 Å². The normalized spacial score (nSPS) is 18.0. The first-order valence-corrected chi connectivity index (χ1v) is 11.3. The standard InChI is InChI=1S/C22H28N2O3S/c1-16-8-4-5-11-20(16)15-28(26,27)24-13-7-12-19(14-24)22(25)23-21-17(2)9-6-10-18(21)3/h4-6,8-11,19H,7,12-15H2,1-3H3,(H,23,25). The maximum atomic E-state index is 12.9. The molecule has 2 aromatic carbocycles. The Hall–Kier alpha value is -2.18. The van der Waals surface area contributed by atoms with E-state index in [4.69, 9.17) is 0 Å². The number of piperidine rings is 1. The zero-order valence-corrected chi connectivity index (χ0v) is 17.6. The minimum atomic E-state index is -3.46. The van der Waals surface area contributed by atoms with Gasteiger partial charge in [-0.1, -0.05) is 42.5 Å². The molecule has 1 N–H and O–H groups in total. The minimum Gasteiger partial charge on any atom is -0.325 e. The van der Waals surface area contributed by atoms with E-state index in [0.29, 0.717) is 19.4 Å². The van der Waals surface area contributed by atoms with E-state index in [9.17, 15) is 13.2 Å². The van der Waals surface area contributed by atoms with Gasteiger partial charge in [-0.3, -0.25) is 4.79 Å². The molecule has 0 aliphatic carbocycles. The summed E-state index contributed by atoms with van der Waals surface area (Å²) in [6.07, 6.45) is 1.39. The van der Waals surface area contributed by atoms with E-state index < -0.39 is 10.0 Å². The Balaban J connectivity index is 1.71. The fourth-order valence-corrected chi connectivity index (χ4v) is 5.42. The lowest BCUT2D eigenvalue weighted by molar-refractivity contribution is -0.120.